The molecule has 1 unspecified atom stereocenters. The van der Waals surface area contributed by atoms with Gasteiger partial charge in [0.2, 0.25) is 0 Å². The van der Waals surface area contributed by atoms with Crippen molar-refractivity contribution < 1.29 is 13.9 Å². The first kappa shape index (κ1) is 14.9. The minimum absolute atomic E-state index is 0.344. The third-order valence-electron chi connectivity index (χ3n) is 4.27. The van der Waals surface area contributed by atoms with E-state index in [-0.39, 0.29) is 5.97 Å². The zero-order valence-electron chi connectivity index (χ0n) is 13.0. The average molecular weight is 299 g/mol. The minimum atomic E-state index is -0.351. The van der Waals surface area contributed by atoms with E-state index in [9.17, 15) is 4.79 Å². The van der Waals surface area contributed by atoms with Crippen molar-refractivity contribution in [2.45, 2.75) is 38.8 Å². The molecule has 116 valence electrons. The largest absolute Gasteiger partial charge is 0.465 e. The molecule has 1 heterocycles. The summed E-state index contributed by atoms with van der Waals surface area (Å²) in [4.78, 5) is 11.6. The molecule has 1 aromatic heterocycles. The summed E-state index contributed by atoms with van der Waals surface area (Å²) in [6.07, 6.45) is 3.47. The molecule has 1 aliphatic rings. The van der Waals surface area contributed by atoms with E-state index >= 15 is 0 Å². The van der Waals surface area contributed by atoms with Gasteiger partial charge in [0.25, 0.3) is 0 Å². The second-order valence-electron chi connectivity index (χ2n) is 5.70. The lowest BCUT2D eigenvalue weighted by atomic mass is 9.88. The Hall–Kier alpha value is -2.07. The summed E-state index contributed by atoms with van der Waals surface area (Å²) >= 11 is 0. The highest BCUT2D eigenvalue weighted by atomic mass is 16.5. The van der Waals surface area contributed by atoms with Crippen LogP contribution >= 0.6 is 0 Å². The standard InChI is InChI=1S/C18H21NO3/c1-12-16(18(20)21-2)10-14(22-12)11-19-17-9-5-7-13-6-3-4-8-15(13)17/h3-4,6,8,10,17,19H,5,7,9,11H2,1-2H3. The Bertz CT molecular complexity index is 675. The van der Waals surface area contributed by atoms with Crippen LogP contribution in [0.15, 0.2) is 34.7 Å². The Balaban J connectivity index is 1.70. The monoisotopic (exact) mass is 299 g/mol. The van der Waals surface area contributed by atoms with Crippen LogP contribution in [0.3, 0.4) is 0 Å². The molecule has 4 heteroatoms. The maximum Gasteiger partial charge on any atom is 0.341 e. The highest BCUT2D eigenvalue weighted by Gasteiger charge is 2.20. The molecule has 2 aromatic rings. The van der Waals surface area contributed by atoms with Crippen molar-refractivity contribution in [2.75, 3.05) is 7.11 Å². The normalized spacial score (nSPS) is 17.1. The highest BCUT2D eigenvalue weighted by Crippen LogP contribution is 2.29. The van der Waals surface area contributed by atoms with Crippen molar-refractivity contribution in [1.29, 1.82) is 0 Å². The van der Waals surface area contributed by atoms with Gasteiger partial charge in [-0.25, -0.2) is 4.79 Å². The second-order valence-corrected chi connectivity index (χ2v) is 5.70. The van der Waals surface area contributed by atoms with E-state index in [2.05, 4.69) is 29.6 Å². The molecule has 0 saturated carbocycles. The topological polar surface area (TPSA) is 51.5 Å². The highest BCUT2D eigenvalue weighted by molar-refractivity contribution is 5.90. The van der Waals surface area contributed by atoms with E-state index in [0.717, 1.165) is 18.6 Å². The molecule has 1 atom stereocenters. The number of carbonyl (C=O) groups excluding carboxylic acids is 1. The number of nitrogens with one attached hydrogen (secondary N) is 1. The van der Waals surface area contributed by atoms with Crippen LogP contribution < -0.4 is 5.32 Å². The van der Waals surface area contributed by atoms with E-state index < -0.39 is 0 Å². The zero-order chi connectivity index (χ0) is 15.5. The van der Waals surface area contributed by atoms with Gasteiger partial charge in [0.1, 0.15) is 17.1 Å². The number of rotatable bonds is 4. The molecule has 0 fully saturated rings. The summed E-state index contributed by atoms with van der Waals surface area (Å²) in [6.45, 7) is 2.39. The number of fused-ring (bicyclic) bond motifs is 1. The third-order valence-corrected chi connectivity index (χ3v) is 4.27. The Labute approximate surface area is 130 Å². The van der Waals surface area contributed by atoms with Crippen molar-refractivity contribution in [3.8, 4) is 0 Å². The fourth-order valence-electron chi connectivity index (χ4n) is 3.13. The summed E-state index contributed by atoms with van der Waals surface area (Å²) in [6, 6.07) is 10.7. The van der Waals surface area contributed by atoms with Gasteiger partial charge in [-0.05, 0) is 43.4 Å². The van der Waals surface area contributed by atoms with Crippen molar-refractivity contribution >= 4 is 5.97 Å². The van der Waals surface area contributed by atoms with Gasteiger partial charge < -0.3 is 14.5 Å². The lowest BCUT2D eigenvalue weighted by molar-refractivity contribution is 0.0599. The molecule has 1 aliphatic carbocycles. The number of hydrogen-bond donors (Lipinski definition) is 1. The fraction of sp³-hybridized carbons (Fsp3) is 0.389. The molecule has 22 heavy (non-hydrogen) atoms. The number of ether oxygens (including phenoxy) is 1. The molecule has 3 rings (SSSR count). The van der Waals surface area contributed by atoms with Crippen LogP contribution in [-0.4, -0.2) is 13.1 Å². The van der Waals surface area contributed by atoms with E-state index in [0.29, 0.717) is 23.9 Å². The van der Waals surface area contributed by atoms with Crippen molar-refractivity contribution in [3.05, 3.63) is 58.5 Å². The number of benzene rings is 1. The molecule has 0 spiro atoms. The average Bonchev–Trinajstić information content (AvgIpc) is 2.93. The molecule has 1 N–H and O–H groups in total. The molecule has 4 nitrogen and oxygen atoms in total. The molecule has 0 aliphatic heterocycles. The van der Waals surface area contributed by atoms with Gasteiger partial charge in [0, 0.05) is 6.04 Å². The first-order chi connectivity index (χ1) is 10.7. The van der Waals surface area contributed by atoms with Crippen LogP contribution in [0.2, 0.25) is 0 Å². The van der Waals surface area contributed by atoms with E-state index in [4.69, 9.17) is 9.15 Å². The number of furan rings is 1. The Kier molecular flexibility index (Phi) is 4.29. The quantitative estimate of drug-likeness (QED) is 0.877. The smallest absolute Gasteiger partial charge is 0.341 e. The number of carbonyl (C=O) groups is 1. The SMILES string of the molecule is COC(=O)c1cc(CNC2CCCc3ccccc32)oc1C. The van der Waals surface area contributed by atoms with E-state index in [1.165, 1.54) is 24.7 Å². The molecule has 0 saturated heterocycles. The van der Waals surface area contributed by atoms with Crippen LogP contribution in [0.1, 0.15) is 51.9 Å². The Morgan fingerprint density at radius 1 is 1.41 bits per heavy atom. The lowest BCUT2D eigenvalue weighted by Gasteiger charge is -2.26. The van der Waals surface area contributed by atoms with Gasteiger partial charge >= 0.3 is 5.97 Å². The van der Waals surface area contributed by atoms with Gasteiger partial charge in [-0.1, -0.05) is 24.3 Å². The van der Waals surface area contributed by atoms with Gasteiger partial charge in [0.05, 0.1) is 13.7 Å². The molecule has 0 radical (unpaired) electrons. The van der Waals surface area contributed by atoms with Gasteiger partial charge in [-0.15, -0.1) is 0 Å². The molecule has 1 aromatic carbocycles. The number of methoxy groups -OCH3 is 1. The van der Waals surface area contributed by atoms with Crippen LogP contribution in [0.4, 0.5) is 0 Å². The summed E-state index contributed by atoms with van der Waals surface area (Å²) in [7, 11) is 1.38. The van der Waals surface area contributed by atoms with Crippen LogP contribution in [-0.2, 0) is 17.7 Å². The summed E-state index contributed by atoms with van der Waals surface area (Å²) in [5.41, 5.74) is 3.31. The third kappa shape index (κ3) is 2.92. The molecular weight excluding hydrogens is 278 g/mol. The van der Waals surface area contributed by atoms with Gasteiger partial charge in [-0.3, -0.25) is 0 Å². The predicted octanol–water partition coefficient (Wildman–Crippen LogP) is 3.54. The second kappa shape index (κ2) is 6.36. The van der Waals surface area contributed by atoms with Crippen molar-refractivity contribution in [3.63, 3.8) is 0 Å². The van der Waals surface area contributed by atoms with Crippen LogP contribution in [0.25, 0.3) is 0 Å². The lowest BCUT2D eigenvalue weighted by Crippen LogP contribution is -2.24. The van der Waals surface area contributed by atoms with Crippen molar-refractivity contribution in [2.24, 2.45) is 0 Å². The van der Waals surface area contributed by atoms with Crippen molar-refractivity contribution in [1.82, 2.24) is 5.32 Å². The van der Waals surface area contributed by atoms with Gasteiger partial charge in [0.15, 0.2) is 0 Å². The predicted molar refractivity (Wildman–Crippen MR) is 83.7 cm³/mol. The maximum absolute atomic E-state index is 11.6. The van der Waals surface area contributed by atoms with Crippen LogP contribution in [0, 0.1) is 6.92 Å². The molecule has 0 bridgehead atoms. The Morgan fingerprint density at radius 2 is 2.23 bits per heavy atom. The van der Waals surface area contributed by atoms with Crippen LogP contribution in [0.5, 0.6) is 0 Å². The first-order valence-electron chi connectivity index (χ1n) is 7.68. The summed E-state index contributed by atoms with van der Waals surface area (Å²) < 4.78 is 10.4. The molecule has 0 amide bonds. The van der Waals surface area contributed by atoms with E-state index in [1.807, 2.05) is 0 Å². The zero-order valence-corrected chi connectivity index (χ0v) is 13.0. The number of esters is 1. The summed E-state index contributed by atoms with van der Waals surface area (Å²) in [5.74, 6) is 1.02. The maximum atomic E-state index is 11.6. The van der Waals surface area contributed by atoms with E-state index in [1.54, 1.807) is 13.0 Å². The molecular formula is C18H21NO3. The van der Waals surface area contributed by atoms with Gasteiger partial charge in [-0.2, -0.15) is 0 Å². The summed E-state index contributed by atoms with van der Waals surface area (Å²) in [5, 5.41) is 3.55. The minimum Gasteiger partial charge on any atom is -0.465 e. The number of hydrogen-bond acceptors (Lipinski definition) is 4. The fourth-order valence-corrected chi connectivity index (χ4v) is 3.13. The first-order valence-corrected chi connectivity index (χ1v) is 7.68. The Morgan fingerprint density at radius 3 is 3.05 bits per heavy atom. The number of aryl methyl sites for hydroxylation is 2.